The van der Waals surface area contributed by atoms with Crippen molar-refractivity contribution < 1.29 is 9.84 Å². The van der Waals surface area contributed by atoms with Gasteiger partial charge in [-0.15, -0.1) is 0 Å². The van der Waals surface area contributed by atoms with E-state index in [2.05, 4.69) is 9.97 Å². The molecule has 2 aromatic rings. The van der Waals surface area contributed by atoms with E-state index in [9.17, 15) is 9.90 Å². The second-order valence-electron chi connectivity index (χ2n) is 3.78. The molecule has 1 heterocycles. The summed E-state index contributed by atoms with van der Waals surface area (Å²) in [6.07, 6.45) is 0.276. The smallest absolute Gasteiger partial charge is 0.259 e. The maximum Gasteiger partial charge on any atom is 0.259 e. The first-order valence-electron chi connectivity index (χ1n) is 5.30. The minimum Gasteiger partial charge on any atom is -0.497 e. The highest BCUT2D eigenvalue weighted by Crippen LogP contribution is 2.17. The van der Waals surface area contributed by atoms with E-state index in [0.717, 1.165) is 11.3 Å². The maximum atomic E-state index is 11.6. The topological polar surface area (TPSA) is 101 Å². The van der Waals surface area contributed by atoms with E-state index in [1.54, 1.807) is 19.2 Å². The van der Waals surface area contributed by atoms with E-state index in [1.807, 2.05) is 12.1 Å². The summed E-state index contributed by atoms with van der Waals surface area (Å²) in [5.41, 5.74) is 5.94. The molecule has 4 N–H and O–H groups in total. The summed E-state index contributed by atoms with van der Waals surface area (Å²) in [6.45, 7) is 0. The van der Waals surface area contributed by atoms with Crippen molar-refractivity contribution in [2.45, 2.75) is 6.42 Å². The highest BCUT2D eigenvalue weighted by molar-refractivity contribution is 5.35. The van der Waals surface area contributed by atoms with Gasteiger partial charge >= 0.3 is 0 Å². The van der Waals surface area contributed by atoms with Crippen molar-refractivity contribution in [3.8, 4) is 11.6 Å². The van der Waals surface area contributed by atoms with Crippen LogP contribution in [-0.4, -0.2) is 22.2 Å². The Morgan fingerprint density at radius 3 is 2.61 bits per heavy atom. The maximum absolute atomic E-state index is 11.6. The number of rotatable bonds is 3. The molecule has 0 fully saturated rings. The molecule has 1 aromatic carbocycles. The van der Waals surface area contributed by atoms with Crippen LogP contribution in [0.25, 0.3) is 0 Å². The number of ether oxygens (including phenoxy) is 1. The molecule has 6 heteroatoms. The van der Waals surface area contributed by atoms with Crippen LogP contribution >= 0.6 is 0 Å². The summed E-state index contributed by atoms with van der Waals surface area (Å²) in [5.74, 6) is 0.287. The van der Waals surface area contributed by atoms with Crippen molar-refractivity contribution in [3.63, 3.8) is 0 Å². The Hall–Kier alpha value is -2.50. The number of nitrogen functional groups attached to an aromatic ring is 1. The number of H-pyrrole nitrogens is 1. The summed E-state index contributed by atoms with van der Waals surface area (Å²) in [4.78, 5) is 17.6. The van der Waals surface area contributed by atoms with E-state index < -0.39 is 5.56 Å². The average Bonchev–Trinajstić information content (AvgIpc) is 2.34. The van der Waals surface area contributed by atoms with Crippen LogP contribution in [0.2, 0.25) is 0 Å². The van der Waals surface area contributed by atoms with Gasteiger partial charge in [-0.05, 0) is 17.7 Å². The van der Waals surface area contributed by atoms with Gasteiger partial charge in [0.15, 0.2) is 0 Å². The van der Waals surface area contributed by atoms with Crippen molar-refractivity contribution in [2.75, 3.05) is 12.8 Å². The van der Waals surface area contributed by atoms with Gasteiger partial charge in [0.1, 0.15) is 5.75 Å². The molecule has 1 aromatic heterocycles. The third-order valence-electron chi connectivity index (χ3n) is 2.55. The van der Waals surface area contributed by atoms with Crippen molar-refractivity contribution in [2.24, 2.45) is 0 Å². The van der Waals surface area contributed by atoms with Gasteiger partial charge in [-0.1, -0.05) is 12.1 Å². The van der Waals surface area contributed by atoms with Crippen LogP contribution in [0.5, 0.6) is 11.6 Å². The Morgan fingerprint density at radius 1 is 1.39 bits per heavy atom. The molecule has 94 valence electrons. The number of aromatic amines is 1. The summed E-state index contributed by atoms with van der Waals surface area (Å²) in [7, 11) is 1.58. The van der Waals surface area contributed by atoms with Crippen LogP contribution in [0.1, 0.15) is 11.1 Å². The first-order chi connectivity index (χ1) is 8.60. The van der Waals surface area contributed by atoms with E-state index in [-0.39, 0.29) is 23.8 Å². The lowest BCUT2D eigenvalue weighted by Crippen LogP contribution is -2.16. The van der Waals surface area contributed by atoms with Crippen LogP contribution in [0.3, 0.4) is 0 Å². The van der Waals surface area contributed by atoms with Crippen LogP contribution < -0.4 is 16.0 Å². The normalized spacial score (nSPS) is 10.3. The first-order valence-corrected chi connectivity index (χ1v) is 5.30. The van der Waals surface area contributed by atoms with Gasteiger partial charge in [0, 0.05) is 6.42 Å². The molecular weight excluding hydrogens is 234 g/mol. The van der Waals surface area contributed by atoms with E-state index >= 15 is 0 Å². The van der Waals surface area contributed by atoms with Gasteiger partial charge in [0.05, 0.1) is 12.7 Å². The summed E-state index contributed by atoms with van der Waals surface area (Å²) >= 11 is 0. The summed E-state index contributed by atoms with van der Waals surface area (Å²) in [5, 5.41) is 9.60. The number of methoxy groups -OCH3 is 1. The Morgan fingerprint density at radius 2 is 2.06 bits per heavy atom. The standard InChI is InChI=1S/C12H13N3O3/c1-18-8-4-2-7(3-5-8)6-9-10(16)14-12(13)15-11(9)17/h2-5H,6H2,1H3,(H4,13,14,15,16,17). The zero-order chi connectivity index (χ0) is 13.1. The number of aromatic hydroxyl groups is 1. The van der Waals surface area contributed by atoms with Gasteiger partial charge in [-0.2, -0.15) is 4.98 Å². The molecule has 2 rings (SSSR count). The minimum absolute atomic E-state index is 0.101. The predicted molar refractivity (Wildman–Crippen MR) is 66.7 cm³/mol. The van der Waals surface area contributed by atoms with Crippen molar-refractivity contribution >= 4 is 5.95 Å². The van der Waals surface area contributed by atoms with Gasteiger partial charge in [-0.3, -0.25) is 9.78 Å². The zero-order valence-corrected chi connectivity index (χ0v) is 9.80. The highest BCUT2D eigenvalue weighted by atomic mass is 16.5. The summed E-state index contributed by atoms with van der Waals surface area (Å²) in [6, 6.07) is 7.19. The molecule has 0 saturated carbocycles. The second-order valence-corrected chi connectivity index (χ2v) is 3.78. The molecule has 6 nitrogen and oxygen atoms in total. The quantitative estimate of drug-likeness (QED) is 0.739. The first kappa shape index (κ1) is 12.0. The Labute approximate surface area is 103 Å². The number of hydrogen-bond acceptors (Lipinski definition) is 5. The van der Waals surface area contributed by atoms with Crippen LogP contribution in [0.4, 0.5) is 5.95 Å². The lowest BCUT2D eigenvalue weighted by atomic mass is 10.1. The number of benzene rings is 1. The fourth-order valence-electron chi connectivity index (χ4n) is 1.61. The molecule has 0 radical (unpaired) electrons. The lowest BCUT2D eigenvalue weighted by Gasteiger charge is -2.05. The molecule has 18 heavy (non-hydrogen) atoms. The van der Waals surface area contributed by atoms with Crippen molar-refractivity contribution in [3.05, 3.63) is 45.7 Å². The van der Waals surface area contributed by atoms with Gasteiger partial charge < -0.3 is 15.6 Å². The number of hydrogen-bond donors (Lipinski definition) is 3. The SMILES string of the molecule is COc1ccc(Cc2c(O)nc(N)[nH]c2=O)cc1. The van der Waals surface area contributed by atoms with Crippen LogP contribution in [-0.2, 0) is 6.42 Å². The fraction of sp³-hybridized carbons (Fsp3) is 0.167. The van der Waals surface area contributed by atoms with Crippen LogP contribution in [0.15, 0.2) is 29.1 Å². The number of nitrogens with one attached hydrogen (secondary N) is 1. The Balaban J connectivity index is 2.31. The lowest BCUT2D eigenvalue weighted by molar-refractivity contribution is 0.414. The van der Waals surface area contributed by atoms with Crippen molar-refractivity contribution in [1.82, 2.24) is 9.97 Å². The number of aromatic nitrogens is 2. The molecule has 0 aliphatic rings. The molecule has 0 unspecified atom stereocenters. The number of nitrogens with zero attached hydrogens (tertiary/aromatic N) is 1. The fourth-order valence-corrected chi connectivity index (χ4v) is 1.61. The third-order valence-corrected chi connectivity index (χ3v) is 2.55. The van der Waals surface area contributed by atoms with E-state index in [4.69, 9.17) is 10.5 Å². The molecule has 0 amide bonds. The monoisotopic (exact) mass is 247 g/mol. The zero-order valence-electron chi connectivity index (χ0n) is 9.80. The highest BCUT2D eigenvalue weighted by Gasteiger charge is 2.10. The predicted octanol–water partition coefficient (Wildman–Crippen LogP) is 0.657. The van der Waals surface area contributed by atoms with E-state index in [0.29, 0.717) is 0 Å². The molecule has 0 atom stereocenters. The Kier molecular flexibility index (Phi) is 3.18. The second kappa shape index (κ2) is 4.79. The molecule has 0 spiro atoms. The molecule has 0 bridgehead atoms. The average molecular weight is 247 g/mol. The summed E-state index contributed by atoms with van der Waals surface area (Å²) < 4.78 is 5.04. The minimum atomic E-state index is -0.434. The largest absolute Gasteiger partial charge is 0.497 e. The molecular formula is C12H13N3O3. The third kappa shape index (κ3) is 2.42. The van der Waals surface area contributed by atoms with Gasteiger partial charge in [0.2, 0.25) is 11.8 Å². The number of nitrogens with two attached hydrogens (primary N) is 1. The molecule has 0 saturated heterocycles. The van der Waals surface area contributed by atoms with Gasteiger partial charge in [-0.25, -0.2) is 0 Å². The van der Waals surface area contributed by atoms with Gasteiger partial charge in [0.25, 0.3) is 5.56 Å². The molecule has 0 aliphatic carbocycles. The van der Waals surface area contributed by atoms with Crippen molar-refractivity contribution in [1.29, 1.82) is 0 Å². The van der Waals surface area contributed by atoms with Crippen LogP contribution in [0, 0.1) is 0 Å². The van der Waals surface area contributed by atoms with E-state index in [1.165, 1.54) is 0 Å². The number of anilines is 1. The Bertz CT molecular complexity index is 605. The molecule has 0 aliphatic heterocycles.